The standard InChI is InChI=1S/C11H14N4/c12-8-3-4-9-10(5-8)15-11(14-9)13-6-7-1-2-7/h3-5,7H,1-2,6,12H2,(H2,13,14,15). The number of H-pyrrole nitrogens is 1. The SMILES string of the molecule is Nc1ccc2nc(NCC3CC3)[nH]c2c1. The van der Waals surface area contributed by atoms with Crippen LogP contribution in [0, 0.1) is 5.92 Å². The number of nitrogens with zero attached hydrogens (tertiary/aromatic N) is 1. The Morgan fingerprint density at radius 1 is 1.47 bits per heavy atom. The number of nitrogens with two attached hydrogens (primary N) is 1. The van der Waals surface area contributed by atoms with Crippen molar-refractivity contribution in [2.75, 3.05) is 17.6 Å². The summed E-state index contributed by atoms with van der Waals surface area (Å²) in [4.78, 5) is 7.65. The number of imidazole rings is 1. The van der Waals surface area contributed by atoms with Gasteiger partial charge in [0.25, 0.3) is 0 Å². The zero-order chi connectivity index (χ0) is 10.3. The summed E-state index contributed by atoms with van der Waals surface area (Å²) in [5, 5.41) is 3.31. The lowest BCUT2D eigenvalue weighted by atomic mass is 10.3. The second-order valence-corrected chi connectivity index (χ2v) is 4.19. The van der Waals surface area contributed by atoms with E-state index in [1.165, 1.54) is 12.8 Å². The van der Waals surface area contributed by atoms with E-state index < -0.39 is 0 Å². The van der Waals surface area contributed by atoms with Crippen molar-refractivity contribution in [2.24, 2.45) is 5.92 Å². The average molecular weight is 202 g/mol. The first-order valence-electron chi connectivity index (χ1n) is 5.30. The van der Waals surface area contributed by atoms with Gasteiger partial charge in [-0.1, -0.05) is 0 Å². The molecule has 0 unspecified atom stereocenters. The predicted octanol–water partition coefficient (Wildman–Crippen LogP) is 1.97. The number of hydrogen-bond donors (Lipinski definition) is 3. The summed E-state index contributed by atoms with van der Waals surface area (Å²) in [6.45, 7) is 1.02. The lowest BCUT2D eigenvalue weighted by molar-refractivity contribution is 0.879. The molecule has 1 fully saturated rings. The van der Waals surface area contributed by atoms with Crippen LogP contribution in [0.5, 0.6) is 0 Å². The third-order valence-corrected chi connectivity index (χ3v) is 2.76. The molecule has 1 aliphatic rings. The van der Waals surface area contributed by atoms with Crippen molar-refractivity contribution in [1.29, 1.82) is 0 Å². The molecule has 15 heavy (non-hydrogen) atoms. The van der Waals surface area contributed by atoms with Gasteiger partial charge in [-0.05, 0) is 37.0 Å². The predicted molar refractivity (Wildman–Crippen MR) is 61.7 cm³/mol. The molecule has 1 aliphatic carbocycles. The highest BCUT2D eigenvalue weighted by molar-refractivity contribution is 5.80. The minimum Gasteiger partial charge on any atom is -0.399 e. The highest BCUT2D eigenvalue weighted by Crippen LogP contribution is 2.28. The van der Waals surface area contributed by atoms with Crippen LogP contribution >= 0.6 is 0 Å². The number of rotatable bonds is 3. The molecule has 3 rings (SSSR count). The smallest absolute Gasteiger partial charge is 0.201 e. The number of nitrogens with one attached hydrogen (secondary N) is 2. The number of hydrogen-bond acceptors (Lipinski definition) is 3. The first kappa shape index (κ1) is 8.59. The van der Waals surface area contributed by atoms with E-state index >= 15 is 0 Å². The van der Waals surface area contributed by atoms with E-state index in [0.29, 0.717) is 0 Å². The lowest BCUT2D eigenvalue weighted by Crippen LogP contribution is -2.04. The topological polar surface area (TPSA) is 66.7 Å². The van der Waals surface area contributed by atoms with Gasteiger partial charge >= 0.3 is 0 Å². The van der Waals surface area contributed by atoms with Crippen molar-refractivity contribution < 1.29 is 0 Å². The van der Waals surface area contributed by atoms with Gasteiger partial charge in [0.15, 0.2) is 0 Å². The molecule has 0 aliphatic heterocycles. The quantitative estimate of drug-likeness (QED) is 0.666. The Bertz CT molecular complexity index is 484. The highest BCUT2D eigenvalue weighted by Gasteiger charge is 2.20. The van der Waals surface area contributed by atoms with Gasteiger partial charge in [-0.2, -0.15) is 0 Å². The van der Waals surface area contributed by atoms with Gasteiger partial charge in [0.05, 0.1) is 11.0 Å². The maximum atomic E-state index is 5.70. The van der Waals surface area contributed by atoms with E-state index in [1.54, 1.807) is 0 Å². The molecule has 0 radical (unpaired) electrons. The van der Waals surface area contributed by atoms with Crippen LogP contribution in [0.25, 0.3) is 11.0 Å². The van der Waals surface area contributed by atoms with E-state index in [2.05, 4.69) is 15.3 Å². The summed E-state index contributed by atoms with van der Waals surface area (Å²) in [5.41, 5.74) is 8.42. The van der Waals surface area contributed by atoms with Crippen LogP contribution in [0.15, 0.2) is 18.2 Å². The molecule has 4 nitrogen and oxygen atoms in total. The molecule has 2 aromatic rings. The number of anilines is 2. The molecule has 4 N–H and O–H groups in total. The molecule has 0 spiro atoms. The van der Waals surface area contributed by atoms with Crippen LogP contribution in [0.3, 0.4) is 0 Å². The van der Waals surface area contributed by atoms with Crippen molar-refractivity contribution in [3.8, 4) is 0 Å². The Labute approximate surface area is 87.9 Å². The maximum absolute atomic E-state index is 5.70. The van der Waals surface area contributed by atoms with Crippen LogP contribution < -0.4 is 11.1 Å². The zero-order valence-corrected chi connectivity index (χ0v) is 8.46. The van der Waals surface area contributed by atoms with Crippen molar-refractivity contribution in [2.45, 2.75) is 12.8 Å². The molecule has 4 heteroatoms. The van der Waals surface area contributed by atoms with Crippen LogP contribution in [0.4, 0.5) is 11.6 Å². The summed E-state index contributed by atoms with van der Waals surface area (Å²) in [6, 6.07) is 5.71. The summed E-state index contributed by atoms with van der Waals surface area (Å²) in [5.74, 6) is 1.70. The number of aromatic amines is 1. The summed E-state index contributed by atoms with van der Waals surface area (Å²) in [6.07, 6.45) is 2.69. The van der Waals surface area contributed by atoms with Crippen molar-refractivity contribution in [1.82, 2.24) is 9.97 Å². The molecular weight excluding hydrogens is 188 g/mol. The third-order valence-electron chi connectivity index (χ3n) is 2.76. The summed E-state index contributed by atoms with van der Waals surface area (Å²) >= 11 is 0. The Hall–Kier alpha value is -1.71. The second-order valence-electron chi connectivity index (χ2n) is 4.19. The Kier molecular flexibility index (Phi) is 1.80. The van der Waals surface area contributed by atoms with Gasteiger partial charge in [-0.15, -0.1) is 0 Å². The minimum absolute atomic E-state index is 0.764. The minimum atomic E-state index is 0.764. The van der Waals surface area contributed by atoms with E-state index in [-0.39, 0.29) is 0 Å². The van der Waals surface area contributed by atoms with E-state index in [0.717, 1.165) is 35.1 Å². The van der Waals surface area contributed by atoms with Gasteiger partial charge in [0.2, 0.25) is 5.95 Å². The fourth-order valence-electron chi connectivity index (χ4n) is 1.67. The number of fused-ring (bicyclic) bond motifs is 1. The van der Waals surface area contributed by atoms with Gasteiger partial charge in [-0.3, -0.25) is 0 Å². The van der Waals surface area contributed by atoms with Crippen LogP contribution in [-0.2, 0) is 0 Å². The molecule has 0 amide bonds. The van der Waals surface area contributed by atoms with Gasteiger partial charge in [-0.25, -0.2) is 4.98 Å². The summed E-state index contributed by atoms with van der Waals surface area (Å²) in [7, 11) is 0. The second kappa shape index (κ2) is 3.15. The van der Waals surface area contributed by atoms with E-state index in [1.807, 2.05) is 18.2 Å². The molecule has 1 aromatic carbocycles. The Morgan fingerprint density at radius 3 is 3.13 bits per heavy atom. The summed E-state index contributed by atoms with van der Waals surface area (Å²) < 4.78 is 0. The fourth-order valence-corrected chi connectivity index (χ4v) is 1.67. The number of aromatic nitrogens is 2. The molecule has 78 valence electrons. The van der Waals surface area contributed by atoms with Crippen molar-refractivity contribution in [3.63, 3.8) is 0 Å². The Balaban J connectivity index is 1.84. The largest absolute Gasteiger partial charge is 0.399 e. The monoisotopic (exact) mass is 202 g/mol. The first-order valence-corrected chi connectivity index (χ1v) is 5.30. The van der Waals surface area contributed by atoms with E-state index in [9.17, 15) is 0 Å². The molecule has 1 heterocycles. The highest BCUT2D eigenvalue weighted by atomic mass is 15.1. The molecule has 1 saturated carbocycles. The zero-order valence-electron chi connectivity index (χ0n) is 8.46. The lowest BCUT2D eigenvalue weighted by Gasteiger charge is -1.98. The van der Waals surface area contributed by atoms with Gasteiger partial charge in [0.1, 0.15) is 0 Å². The van der Waals surface area contributed by atoms with Crippen LogP contribution in [0.1, 0.15) is 12.8 Å². The first-order chi connectivity index (χ1) is 7.31. The fraction of sp³-hybridized carbons (Fsp3) is 0.364. The maximum Gasteiger partial charge on any atom is 0.201 e. The average Bonchev–Trinajstić information content (AvgIpc) is 2.95. The van der Waals surface area contributed by atoms with E-state index in [4.69, 9.17) is 5.73 Å². The van der Waals surface area contributed by atoms with Crippen molar-refractivity contribution >= 4 is 22.7 Å². The van der Waals surface area contributed by atoms with Crippen molar-refractivity contribution in [3.05, 3.63) is 18.2 Å². The number of benzene rings is 1. The molecule has 0 atom stereocenters. The van der Waals surface area contributed by atoms with Gasteiger partial charge in [0, 0.05) is 12.2 Å². The third kappa shape index (κ3) is 1.75. The number of nitrogen functional groups attached to an aromatic ring is 1. The molecule has 1 aromatic heterocycles. The van der Waals surface area contributed by atoms with Crippen LogP contribution in [0.2, 0.25) is 0 Å². The normalized spacial score (nSPS) is 15.7. The Morgan fingerprint density at radius 2 is 2.33 bits per heavy atom. The molecule has 0 saturated heterocycles. The molecule has 0 bridgehead atoms. The molecular formula is C11H14N4. The van der Waals surface area contributed by atoms with Crippen LogP contribution in [-0.4, -0.2) is 16.5 Å². The van der Waals surface area contributed by atoms with Gasteiger partial charge < -0.3 is 16.0 Å².